The molecular formula is C24H22N2O. The molecule has 0 unspecified atom stereocenters. The molecule has 3 aromatic carbocycles. The molecule has 0 radical (unpaired) electrons. The number of aromatic nitrogens is 1. The summed E-state index contributed by atoms with van der Waals surface area (Å²) in [5.41, 5.74) is 5.43. The molecule has 0 bridgehead atoms. The lowest BCUT2D eigenvalue weighted by molar-refractivity contribution is -0.120. The predicted octanol–water partition coefficient (Wildman–Crippen LogP) is 4.92. The molecule has 4 aromatic rings. The second-order valence-corrected chi connectivity index (χ2v) is 6.86. The number of carbonyl (C=O) groups excluding carboxylic acids is 1. The highest BCUT2D eigenvalue weighted by Crippen LogP contribution is 2.23. The van der Waals surface area contributed by atoms with Gasteiger partial charge in [0.1, 0.15) is 0 Å². The van der Waals surface area contributed by atoms with Crippen molar-refractivity contribution in [3.8, 4) is 0 Å². The summed E-state index contributed by atoms with van der Waals surface area (Å²) in [6.07, 6.45) is 2.27. The van der Waals surface area contributed by atoms with Gasteiger partial charge in [-0.3, -0.25) is 4.79 Å². The molecule has 4 rings (SSSR count). The number of rotatable bonds is 5. The van der Waals surface area contributed by atoms with Crippen LogP contribution in [-0.4, -0.2) is 10.9 Å². The van der Waals surface area contributed by atoms with Crippen molar-refractivity contribution in [3.05, 3.63) is 107 Å². The maximum absolute atomic E-state index is 12.9. The third-order valence-electron chi connectivity index (χ3n) is 4.87. The van der Waals surface area contributed by atoms with E-state index in [2.05, 4.69) is 53.6 Å². The van der Waals surface area contributed by atoms with Crippen LogP contribution in [0.3, 0.4) is 0 Å². The lowest BCUT2D eigenvalue weighted by Crippen LogP contribution is -2.30. The van der Waals surface area contributed by atoms with Crippen molar-refractivity contribution < 1.29 is 4.79 Å². The van der Waals surface area contributed by atoms with Crippen molar-refractivity contribution in [1.82, 2.24) is 10.3 Å². The molecule has 3 nitrogen and oxygen atoms in total. The number of amides is 1. The van der Waals surface area contributed by atoms with Gasteiger partial charge < -0.3 is 10.3 Å². The summed E-state index contributed by atoms with van der Waals surface area (Å²) in [6, 6.07) is 26.3. The molecule has 27 heavy (non-hydrogen) atoms. The minimum Gasteiger partial charge on any atom is -0.361 e. The van der Waals surface area contributed by atoms with Crippen LogP contribution in [-0.2, 0) is 11.2 Å². The number of fused-ring (bicyclic) bond motifs is 1. The molecule has 3 heteroatoms. The Labute approximate surface area is 159 Å². The summed E-state index contributed by atoms with van der Waals surface area (Å²) < 4.78 is 0. The van der Waals surface area contributed by atoms with Crippen LogP contribution in [0.4, 0.5) is 0 Å². The maximum atomic E-state index is 12.9. The summed E-state index contributed by atoms with van der Waals surface area (Å²) in [4.78, 5) is 16.1. The van der Waals surface area contributed by atoms with Crippen molar-refractivity contribution in [2.45, 2.75) is 19.4 Å². The average molecular weight is 354 g/mol. The first-order valence-corrected chi connectivity index (χ1v) is 9.16. The number of aromatic amines is 1. The first kappa shape index (κ1) is 17.1. The second-order valence-electron chi connectivity index (χ2n) is 6.86. The lowest BCUT2D eigenvalue weighted by Gasteiger charge is -2.20. The van der Waals surface area contributed by atoms with Crippen LogP contribution in [0.2, 0.25) is 0 Å². The number of carbonyl (C=O) groups is 1. The van der Waals surface area contributed by atoms with E-state index in [4.69, 9.17) is 0 Å². The van der Waals surface area contributed by atoms with Crippen LogP contribution in [0, 0.1) is 6.92 Å². The van der Waals surface area contributed by atoms with Gasteiger partial charge in [-0.05, 0) is 29.7 Å². The molecule has 0 aliphatic carbocycles. The van der Waals surface area contributed by atoms with E-state index in [-0.39, 0.29) is 11.9 Å². The zero-order valence-electron chi connectivity index (χ0n) is 15.3. The van der Waals surface area contributed by atoms with E-state index in [1.165, 1.54) is 5.56 Å². The molecule has 1 atom stereocenters. The lowest BCUT2D eigenvalue weighted by atomic mass is 9.97. The van der Waals surface area contributed by atoms with Gasteiger partial charge in [-0.15, -0.1) is 0 Å². The predicted molar refractivity (Wildman–Crippen MR) is 110 cm³/mol. The fourth-order valence-corrected chi connectivity index (χ4v) is 3.43. The van der Waals surface area contributed by atoms with E-state index in [1.807, 2.05) is 48.7 Å². The Bertz CT molecular complexity index is 1050. The van der Waals surface area contributed by atoms with Crippen LogP contribution in [0.1, 0.15) is 28.3 Å². The minimum absolute atomic E-state index is 0.00850. The van der Waals surface area contributed by atoms with E-state index < -0.39 is 0 Å². The van der Waals surface area contributed by atoms with Crippen molar-refractivity contribution in [2.75, 3.05) is 0 Å². The molecule has 0 aliphatic rings. The topological polar surface area (TPSA) is 44.9 Å². The zero-order chi connectivity index (χ0) is 18.6. The highest BCUT2D eigenvalue weighted by atomic mass is 16.1. The number of hydrogen-bond acceptors (Lipinski definition) is 1. The van der Waals surface area contributed by atoms with Crippen LogP contribution < -0.4 is 5.32 Å². The van der Waals surface area contributed by atoms with Crippen LogP contribution in [0.25, 0.3) is 10.9 Å². The molecule has 1 amide bonds. The van der Waals surface area contributed by atoms with E-state index in [0.717, 1.165) is 27.6 Å². The third-order valence-corrected chi connectivity index (χ3v) is 4.87. The van der Waals surface area contributed by atoms with Crippen molar-refractivity contribution in [2.24, 2.45) is 0 Å². The summed E-state index contributed by atoms with van der Waals surface area (Å²) in [7, 11) is 0. The van der Waals surface area contributed by atoms with Crippen molar-refractivity contribution >= 4 is 16.8 Å². The van der Waals surface area contributed by atoms with Gasteiger partial charge in [0.2, 0.25) is 5.91 Å². The molecular weight excluding hydrogens is 332 g/mol. The number of para-hydroxylation sites is 1. The molecule has 0 fully saturated rings. The first-order chi connectivity index (χ1) is 13.2. The fraction of sp³-hybridized carbons (Fsp3) is 0.125. The molecule has 0 saturated carbocycles. The Hall–Kier alpha value is -3.33. The Morgan fingerprint density at radius 3 is 2.33 bits per heavy atom. The normalized spacial score (nSPS) is 12.0. The number of aryl methyl sites for hydroxylation is 1. The fourth-order valence-electron chi connectivity index (χ4n) is 3.43. The van der Waals surface area contributed by atoms with Gasteiger partial charge in [-0.25, -0.2) is 0 Å². The van der Waals surface area contributed by atoms with E-state index >= 15 is 0 Å². The quantitative estimate of drug-likeness (QED) is 0.525. The van der Waals surface area contributed by atoms with Crippen LogP contribution >= 0.6 is 0 Å². The smallest absolute Gasteiger partial charge is 0.225 e. The molecule has 2 N–H and O–H groups in total. The number of hydrogen-bond donors (Lipinski definition) is 2. The Morgan fingerprint density at radius 1 is 0.889 bits per heavy atom. The standard InChI is InChI=1S/C24H22N2O/c1-17-11-13-19(14-12-17)24(18-7-3-2-4-8-18)26-23(27)15-20-16-25-22-10-6-5-9-21(20)22/h2-14,16,24-25H,15H2,1H3,(H,26,27)/t24-/m1/s1. The number of nitrogens with one attached hydrogen (secondary N) is 2. The maximum Gasteiger partial charge on any atom is 0.225 e. The molecule has 0 aliphatic heterocycles. The summed E-state index contributed by atoms with van der Waals surface area (Å²) in [5, 5.41) is 4.32. The molecule has 134 valence electrons. The third kappa shape index (κ3) is 3.77. The Morgan fingerprint density at radius 2 is 1.56 bits per heavy atom. The second kappa shape index (κ2) is 7.50. The first-order valence-electron chi connectivity index (χ1n) is 9.16. The van der Waals surface area contributed by atoms with Gasteiger partial charge in [-0.1, -0.05) is 78.4 Å². The van der Waals surface area contributed by atoms with E-state index in [1.54, 1.807) is 0 Å². The largest absolute Gasteiger partial charge is 0.361 e. The molecule has 0 saturated heterocycles. The number of H-pyrrole nitrogens is 1. The van der Waals surface area contributed by atoms with Crippen molar-refractivity contribution in [3.63, 3.8) is 0 Å². The average Bonchev–Trinajstić information content (AvgIpc) is 3.10. The van der Waals surface area contributed by atoms with Gasteiger partial charge in [-0.2, -0.15) is 0 Å². The molecule has 1 heterocycles. The summed E-state index contributed by atoms with van der Waals surface area (Å²) in [5.74, 6) is 0.00850. The van der Waals surface area contributed by atoms with E-state index in [9.17, 15) is 4.79 Å². The van der Waals surface area contributed by atoms with Crippen LogP contribution in [0.15, 0.2) is 85.1 Å². The van der Waals surface area contributed by atoms with E-state index in [0.29, 0.717) is 6.42 Å². The Kier molecular flexibility index (Phi) is 4.75. The van der Waals surface area contributed by atoms with Gasteiger partial charge >= 0.3 is 0 Å². The van der Waals surface area contributed by atoms with Gasteiger partial charge in [0, 0.05) is 17.1 Å². The van der Waals surface area contributed by atoms with Gasteiger partial charge in [0.15, 0.2) is 0 Å². The Balaban J connectivity index is 1.59. The van der Waals surface area contributed by atoms with Gasteiger partial charge in [0.25, 0.3) is 0 Å². The monoisotopic (exact) mass is 354 g/mol. The SMILES string of the molecule is Cc1ccc([C@H](NC(=O)Cc2c[nH]c3ccccc23)c2ccccc2)cc1. The zero-order valence-corrected chi connectivity index (χ0v) is 15.3. The molecule has 0 spiro atoms. The summed E-state index contributed by atoms with van der Waals surface area (Å²) >= 11 is 0. The van der Waals surface area contributed by atoms with Gasteiger partial charge in [0.05, 0.1) is 12.5 Å². The highest BCUT2D eigenvalue weighted by molar-refractivity contribution is 5.89. The van der Waals surface area contributed by atoms with Crippen LogP contribution in [0.5, 0.6) is 0 Å². The highest BCUT2D eigenvalue weighted by Gasteiger charge is 2.17. The summed E-state index contributed by atoms with van der Waals surface area (Å²) in [6.45, 7) is 2.07. The number of benzene rings is 3. The van der Waals surface area contributed by atoms with Crippen molar-refractivity contribution in [1.29, 1.82) is 0 Å². The minimum atomic E-state index is -0.162. The molecule has 1 aromatic heterocycles.